The van der Waals surface area contributed by atoms with Crippen LogP contribution in [-0.4, -0.2) is 26.9 Å². The first-order chi connectivity index (χ1) is 11.1. The maximum atomic E-state index is 13.6. The van der Waals surface area contributed by atoms with E-state index in [1.807, 2.05) is 0 Å². The average Bonchev–Trinajstić information content (AvgIpc) is 2.52. The van der Waals surface area contributed by atoms with Crippen LogP contribution in [0, 0.1) is 23.2 Å². The molecule has 3 fully saturated rings. The minimum atomic E-state index is -2.50. The molecule has 0 saturated heterocycles. The summed E-state index contributed by atoms with van der Waals surface area (Å²) in [5.74, 6) is 0.00123. The van der Waals surface area contributed by atoms with Gasteiger partial charge in [-0.2, -0.15) is 9.78 Å². The van der Waals surface area contributed by atoms with Gasteiger partial charge in [-0.1, -0.05) is 20.8 Å². The second kappa shape index (κ2) is 5.82. The first kappa shape index (κ1) is 17.4. The molecule has 2 bridgehead atoms. The topological polar surface area (TPSA) is 84.2 Å². The van der Waals surface area contributed by atoms with Gasteiger partial charge in [0.1, 0.15) is 4.47 Å². The number of rotatable bonds is 4. The number of nitrogens with one attached hydrogen (secondary N) is 1. The van der Waals surface area contributed by atoms with Gasteiger partial charge in [0, 0.05) is 6.04 Å². The summed E-state index contributed by atoms with van der Waals surface area (Å²) in [7, 11) is 0. The number of hydrogen-bond donors (Lipinski definition) is 2. The molecule has 5 atom stereocenters. The van der Waals surface area contributed by atoms with E-state index in [4.69, 9.17) is 5.11 Å². The Labute approximate surface area is 147 Å². The number of anilines is 1. The Morgan fingerprint density at radius 2 is 2.21 bits per heavy atom. The zero-order valence-electron chi connectivity index (χ0n) is 13.8. The van der Waals surface area contributed by atoms with Crippen LogP contribution in [-0.2, 0) is 4.79 Å². The van der Waals surface area contributed by atoms with Crippen LogP contribution in [0.2, 0.25) is 0 Å². The van der Waals surface area contributed by atoms with Gasteiger partial charge in [0.05, 0.1) is 11.9 Å². The second-order valence-electron chi connectivity index (χ2n) is 7.50. The summed E-state index contributed by atoms with van der Waals surface area (Å²) in [5.41, 5.74) is 0.0352. The molecule has 3 saturated carbocycles. The summed E-state index contributed by atoms with van der Waals surface area (Å²) in [6.07, 6.45) is 1.07. The molecule has 4 rings (SSSR count). The maximum absolute atomic E-state index is 13.6. The van der Waals surface area contributed by atoms with Crippen molar-refractivity contribution < 1.29 is 14.3 Å². The lowest BCUT2D eigenvalue weighted by Crippen LogP contribution is -2.58. The molecule has 1 aromatic heterocycles. The molecule has 1 unspecified atom stereocenters. The maximum Gasteiger partial charge on any atom is 0.361 e. The molecule has 6 nitrogen and oxygen atoms in total. The Bertz CT molecular complexity index is 736. The number of aromatic nitrogens is 2. The summed E-state index contributed by atoms with van der Waals surface area (Å²) in [4.78, 5) is 22.8. The fourth-order valence-electron chi connectivity index (χ4n) is 4.35. The first-order valence-electron chi connectivity index (χ1n) is 8.05. The molecule has 1 aromatic rings. The molecule has 3 aliphatic rings. The Hall–Kier alpha value is -1.44. The molecule has 0 aliphatic heterocycles. The molecule has 8 heteroatoms. The third-order valence-electron chi connectivity index (χ3n) is 6.06. The number of halogens is 2. The van der Waals surface area contributed by atoms with Gasteiger partial charge in [-0.05, 0) is 51.9 Å². The SMILES string of the molecule is C[C@H]1[C@H]2C[C@H](C[C@H]1Nc1cnn(C(F)C(=O)O)c(=O)c1Br)C2(C)C. The fourth-order valence-corrected chi connectivity index (χ4v) is 4.75. The Kier molecular flexibility index (Phi) is 4.22. The normalized spacial score (nSPS) is 31.9. The van der Waals surface area contributed by atoms with Crippen LogP contribution < -0.4 is 10.9 Å². The van der Waals surface area contributed by atoms with Crippen LogP contribution in [0.5, 0.6) is 0 Å². The van der Waals surface area contributed by atoms with Crippen LogP contribution in [0.4, 0.5) is 10.1 Å². The fraction of sp³-hybridized carbons (Fsp3) is 0.688. The zero-order chi connectivity index (χ0) is 17.8. The molecular formula is C16H21BrFN3O3. The summed E-state index contributed by atoms with van der Waals surface area (Å²) < 4.78 is 14.0. The Morgan fingerprint density at radius 3 is 2.75 bits per heavy atom. The largest absolute Gasteiger partial charge is 0.478 e. The molecule has 3 aliphatic carbocycles. The van der Waals surface area contributed by atoms with Crippen LogP contribution in [0.15, 0.2) is 15.5 Å². The van der Waals surface area contributed by atoms with E-state index < -0.39 is 17.8 Å². The van der Waals surface area contributed by atoms with Gasteiger partial charge in [0.15, 0.2) is 0 Å². The van der Waals surface area contributed by atoms with Gasteiger partial charge in [-0.25, -0.2) is 9.18 Å². The van der Waals surface area contributed by atoms with Gasteiger partial charge in [-0.3, -0.25) is 4.79 Å². The van der Waals surface area contributed by atoms with Crippen molar-refractivity contribution in [3.8, 4) is 0 Å². The van der Waals surface area contributed by atoms with Gasteiger partial charge >= 0.3 is 5.97 Å². The van der Waals surface area contributed by atoms with Crippen molar-refractivity contribution in [3.05, 3.63) is 21.0 Å². The number of aliphatic carboxylic acids is 1. The Morgan fingerprint density at radius 1 is 1.54 bits per heavy atom. The molecule has 0 aromatic carbocycles. The van der Waals surface area contributed by atoms with Gasteiger partial charge in [0.2, 0.25) is 0 Å². The van der Waals surface area contributed by atoms with Crippen LogP contribution >= 0.6 is 15.9 Å². The van der Waals surface area contributed by atoms with E-state index in [1.54, 1.807) is 0 Å². The van der Waals surface area contributed by atoms with E-state index in [0.717, 1.165) is 6.42 Å². The molecule has 1 heterocycles. The van der Waals surface area contributed by atoms with Crippen molar-refractivity contribution in [2.45, 2.75) is 46.0 Å². The van der Waals surface area contributed by atoms with E-state index in [0.29, 0.717) is 33.5 Å². The van der Waals surface area contributed by atoms with Gasteiger partial charge in [-0.15, -0.1) is 0 Å². The predicted octanol–water partition coefficient (Wildman–Crippen LogP) is 3.04. The van der Waals surface area contributed by atoms with Crippen molar-refractivity contribution in [2.24, 2.45) is 23.2 Å². The lowest BCUT2D eigenvalue weighted by Gasteiger charge is -2.62. The number of hydrogen-bond acceptors (Lipinski definition) is 4. The molecule has 0 spiro atoms. The van der Waals surface area contributed by atoms with E-state index in [-0.39, 0.29) is 10.5 Å². The predicted molar refractivity (Wildman–Crippen MR) is 90.5 cm³/mol. The van der Waals surface area contributed by atoms with E-state index in [9.17, 15) is 14.0 Å². The summed E-state index contributed by atoms with van der Waals surface area (Å²) in [5, 5.41) is 15.7. The standard InChI is InChI=1S/C16H21BrFN3O3/c1-7-9-4-8(16(9,2)3)5-10(7)20-11-6-19-21(13(18)15(23)24)14(22)12(11)17/h6-10,13,20H,4-5H2,1-3H3,(H,23,24)/t7-,8+,9+,10+,13?/m0/s1. The van der Waals surface area contributed by atoms with Gasteiger partial charge < -0.3 is 10.4 Å². The van der Waals surface area contributed by atoms with Crippen molar-refractivity contribution in [1.29, 1.82) is 0 Å². The Balaban J connectivity index is 1.81. The highest BCUT2D eigenvalue weighted by atomic mass is 79.9. The highest BCUT2D eigenvalue weighted by Gasteiger charge is 2.56. The third-order valence-corrected chi connectivity index (χ3v) is 6.82. The van der Waals surface area contributed by atoms with Crippen LogP contribution in [0.1, 0.15) is 39.9 Å². The highest BCUT2D eigenvalue weighted by molar-refractivity contribution is 9.10. The van der Waals surface area contributed by atoms with E-state index in [2.05, 4.69) is 47.1 Å². The van der Waals surface area contributed by atoms with Crippen molar-refractivity contribution in [3.63, 3.8) is 0 Å². The smallest absolute Gasteiger partial charge is 0.361 e. The van der Waals surface area contributed by atoms with Crippen molar-refractivity contribution in [1.82, 2.24) is 9.78 Å². The van der Waals surface area contributed by atoms with Crippen molar-refractivity contribution >= 4 is 27.6 Å². The second-order valence-corrected chi connectivity index (χ2v) is 8.30. The highest BCUT2D eigenvalue weighted by Crippen LogP contribution is 2.61. The molecule has 2 N–H and O–H groups in total. The van der Waals surface area contributed by atoms with Crippen LogP contribution in [0.25, 0.3) is 0 Å². The summed E-state index contributed by atoms with van der Waals surface area (Å²) in [6, 6.07) is 0.218. The molecule has 0 radical (unpaired) electrons. The number of carbonyl (C=O) groups is 1. The van der Waals surface area contributed by atoms with Crippen LogP contribution in [0.3, 0.4) is 0 Å². The third kappa shape index (κ3) is 2.55. The first-order valence-corrected chi connectivity index (χ1v) is 8.84. The minimum Gasteiger partial charge on any atom is -0.478 e. The van der Waals surface area contributed by atoms with E-state index >= 15 is 0 Å². The zero-order valence-corrected chi connectivity index (χ0v) is 15.4. The lowest BCUT2D eigenvalue weighted by molar-refractivity contribution is -0.147. The minimum absolute atomic E-state index is 0.104. The number of fused-ring (bicyclic) bond motifs is 2. The lowest BCUT2D eigenvalue weighted by atomic mass is 9.45. The number of nitrogens with zero attached hydrogens (tertiary/aromatic N) is 2. The van der Waals surface area contributed by atoms with Crippen molar-refractivity contribution in [2.75, 3.05) is 5.32 Å². The summed E-state index contributed by atoms with van der Waals surface area (Å²) in [6.45, 7) is 6.83. The van der Waals surface area contributed by atoms with Gasteiger partial charge in [0.25, 0.3) is 11.9 Å². The number of alkyl halides is 1. The quantitative estimate of drug-likeness (QED) is 0.809. The van der Waals surface area contributed by atoms with E-state index in [1.165, 1.54) is 12.6 Å². The average molecular weight is 402 g/mol. The number of carboxylic acids is 1. The molecule has 0 amide bonds. The molecule has 132 valence electrons. The molecule has 24 heavy (non-hydrogen) atoms. The molecular weight excluding hydrogens is 381 g/mol. The monoisotopic (exact) mass is 401 g/mol. The summed E-state index contributed by atoms with van der Waals surface area (Å²) >= 11 is 3.15. The number of carboxylic acid groups (broad SMARTS) is 1.